The smallest absolute Gasteiger partial charge is 0.0555 e. The van der Waals surface area contributed by atoms with Gasteiger partial charge in [0.1, 0.15) is 0 Å². The van der Waals surface area contributed by atoms with Gasteiger partial charge in [0.05, 0.1) is 6.54 Å². The normalized spacial score (nSPS) is 23.7. The van der Waals surface area contributed by atoms with Crippen LogP contribution in [0.2, 0.25) is 0 Å². The van der Waals surface area contributed by atoms with Crippen molar-refractivity contribution in [2.24, 2.45) is 5.73 Å². The molecular weight excluding hydrogens is 252 g/mol. The van der Waals surface area contributed by atoms with Crippen LogP contribution in [0.4, 0.5) is 0 Å². The molecule has 1 aliphatic heterocycles. The molecule has 19 heavy (non-hydrogen) atoms. The summed E-state index contributed by atoms with van der Waals surface area (Å²) in [4.78, 5) is 2.57. The predicted octanol–water partition coefficient (Wildman–Crippen LogP) is 2.32. The van der Waals surface area contributed by atoms with E-state index in [4.69, 9.17) is 5.73 Å². The molecule has 0 amide bonds. The average Bonchev–Trinajstić information content (AvgIpc) is 2.43. The van der Waals surface area contributed by atoms with Crippen LogP contribution in [0.1, 0.15) is 25.0 Å². The molecule has 3 heteroatoms. The zero-order chi connectivity index (χ0) is 13.7. The van der Waals surface area contributed by atoms with Crippen molar-refractivity contribution in [3.8, 4) is 11.8 Å². The summed E-state index contributed by atoms with van der Waals surface area (Å²) in [6.45, 7) is 7.30. The Kier molecular flexibility index (Phi) is 5.33. The van der Waals surface area contributed by atoms with Gasteiger partial charge in [0.2, 0.25) is 0 Å². The minimum atomic E-state index is 0.419. The van der Waals surface area contributed by atoms with Crippen LogP contribution in [-0.4, -0.2) is 35.0 Å². The van der Waals surface area contributed by atoms with E-state index in [1.165, 1.54) is 17.9 Å². The fourth-order valence-electron chi connectivity index (χ4n) is 2.30. The molecule has 0 aliphatic carbocycles. The molecule has 1 heterocycles. The molecule has 102 valence electrons. The lowest BCUT2D eigenvalue weighted by atomic mass is 10.1. The molecular formula is C16H22N2S. The summed E-state index contributed by atoms with van der Waals surface area (Å²) in [6, 6.07) is 9.19. The van der Waals surface area contributed by atoms with Crippen LogP contribution in [0.25, 0.3) is 0 Å². The summed E-state index contributed by atoms with van der Waals surface area (Å²) in [6.07, 6.45) is 0. The van der Waals surface area contributed by atoms with Crippen LogP contribution in [0, 0.1) is 11.8 Å². The van der Waals surface area contributed by atoms with Crippen LogP contribution < -0.4 is 5.73 Å². The van der Waals surface area contributed by atoms with Crippen molar-refractivity contribution < 1.29 is 0 Å². The van der Waals surface area contributed by atoms with E-state index in [2.05, 4.69) is 66.6 Å². The second kappa shape index (κ2) is 7.00. The van der Waals surface area contributed by atoms with E-state index >= 15 is 0 Å². The van der Waals surface area contributed by atoms with Crippen molar-refractivity contribution >= 4 is 11.8 Å². The van der Waals surface area contributed by atoms with Crippen LogP contribution in [0.3, 0.4) is 0 Å². The molecule has 2 N–H and O–H groups in total. The van der Waals surface area contributed by atoms with Crippen molar-refractivity contribution in [3.05, 3.63) is 35.4 Å². The highest BCUT2D eigenvalue weighted by molar-refractivity contribution is 8.00. The van der Waals surface area contributed by atoms with Gasteiger partial charge in [-0.25, -0.2) is 0 Å². The quantitative estimate of drug-likeness (QED) is 0.839. The van der Waals surface area contributed by atoms with Crippen molar-refractivity contribution in [3.63, 3.8) is 0 Å². The number of hydrogen-bond donors (Lipinski definition) is 1. The number of thioether (sulfide) groups is 1. The highest BCUT2D eigenvalue weighted by Crippen LogP contribution is 2.25. The molecule has 0 radical (unpaired) electrons. The summed E-state index contributed by atoms with van der Waals surface area (Å²) in [5.74, 6) is 7.18. The number of nitrogens with two attached hydrogens (primary N) is 1. The molecule has 2 rings (SSSR count). The van der Waals surface area contributed by atoms with Crippen LogP contribution in [0.5, 0.6) is 0 Å². The first-order valence-corrected chi connectivity index (χ1v) is 7.89. The maximum absolute atomic E-state index is 5.38. The predicted molar refractivity (Wildman–Crippen MR) is 84.2 cm³/mol. The van der Waals surface area contributed by atoms with E-state index in [0.717, 1.165) is 17.4 Å². The van der Waals surface area contributed by atoms with Gasteiger partial charge in [0.15, 0.2) is 0 Å². The van der Waals surface area contributed by atoms with E-state index in [-0.39, 0.29) is 0 Å². The SMILES string of the molecule is CC1SCCN(Cc2ccc(C#CCN)cc2)C1C. The van der Waals surface area contributed by atoms with Gasteiger partial charge in [-0.1, -0.05) is 30.9 Å². The molecule has 1 fully saturated rings. The number of nitrogens with zero attached hydrogens (tertiary/aromatic N) is 1. The van der Waals surface area contributed by atoms with Gasteiger partial charge in [-0.3, -0.25) is 4.90 Å². The van der Waals surface area contributed by atoms with Gasteiger partial charge in [-0.05, 0) is 24.6 Å². The Morgan fingerprint density at radius 1 is 1.32 bits per heavy atom. The van der Waals surface area contributed by atoms with Gasteiger partial charge in [0.25, 0.3) is 0 Å². The minimum absolute atomic E-state index is 0.419. The first-order chi connectivity index (χ1) is 9.20. The third-order valence-electron chi connectivity index (χ3n) is 3.69. The molecule has 0 saturated carbocycles. The van der Waals surface area contributed by atoms with E-state index in [0.29, 0.717) is 12.6 Å². The number of benzene rings is 1. The third-order valence-corrected chi connectivity index (χ3v) is 5.03. The lowest BCUT2D eigenvalue weighted by molar-refractivity contribution is 0.204. The maximum Gasteiger partial charge on any atom is 0.0555 e. The fraction of sp³-hybridized carbons (Fsp3) is 0.500. The standard InChI is InChI=1S/C16H22N2S/c1-13-14(2)19-11-10-18(13)12-16-7-5-15(6-8-16)4-3-9-17/h5-8,13-14H,9-12,17H2,1-2H3. The van der Waals surface area contributed by atoms with Crippen molar-refractivity contribution in [1.82, 2.24) is 4.90 Å². The zero-order valence-electron chi connectivity index (χ0n) is 11.7. The molecule has 0 aromatic heterocycles. The van der Waals surface area contributed by atoms with Gasteiger partial charge in [0, 0.05) is 35.7 Å². The van der Waals surface area contributed by atoms with Gasteiger partial charge in [-0.15, -0.1) is 0 Å². The van der Waals surface area contributed by atoms with Crippen LogP contribution >= 0.6 is 11.8 Å². The summed E-state index contributed by atoms with van der Waals surface area (Å²) in [5.41, 5.74) is 7.79. The molecule has 0 spiro atoms. The molecule has 1 aliphatic rings. The van der Waals surface area contributed by atoms with Crippen molar-refractivity contribution in [2.45, 2.75) is 31.7 Å². The van der Waals surface area contributed by atoms with Gasteiger partial charge >= 0.3 is 0 Å². The lowest BCUT2D eigenvalue weighted by Crippen LogP contribution is -2.43. The fourth-order valence-corrected chi connectivity index (χ4v) is 3.46. The Bertz CT molecular complexity index is 458. The van der Waals surface area contributed by atoms with E-state index in [9.17, 15) is 0 Å². The third kappa shape index (κ3) is 4.01. The average molecular weight is 274 g/mol. The molecule has 1 aromatic carbocycles. The molecule has 2 atom stereocenters. The van der Waals surface area contributed by atoms with E-state index < -0.39 is 0 Å². The molecule has 0 bridgehead atoms. The Morgan fingerprint density at radius 3 is 2.74 bits per heavy atom. The first-order valence-electron chi connectivity index (χ1n) is 6.84. The van der Waals surface area contributed by atoms with Crippen molar-refractivity contribution in [2.75, 3.05) is 18.8 Å². The zero-order valence-corrected chi connectivity index (χ0v) is 12.5. The summed E-state index contributed by atoms with van der Waals surface area (Å²) in [7, 11) is 0. The number of rotatable bonds is 2. The Labute approximate surface area is 120 Å². The van der Waals surface area contributed by atoms with Crippen LogP contribution in [0.15, 0.2) is 24.3 Å². The highest BCUT2D eigenvalue weighted by atomic mass is 32.2. The molecule has 1 aromatic rings. The van der Waals surface area contributed by atoms with Gasteiger partial charge < -0.3 is 5.73 Å². The largest absolute Gasteiger partial charge is 0.320 e. The summed E-state index contributed by atoms with van der Waals surface area (Å²) < 4.78 is 0. The molecule has 2 unspecified atom stereocenters. The van der Waals surface area contributed by atoms with E-state index in [1.807, 2.05) is 0 Å². The number of hydrogen-bond acceptors (Lipinski definition) is 3. The van der Waals surface area contributed by atoms with Gasteiger partial charge in [-0.2, -0.15) is 11.8 Å². The summed E-state index contributed by atoms with van der Waals surface area (Å²) >= 11 is 2.08. The maximum atomic E-state index is 5.38. The second-order valence-corrected chi connectivity index (χ2v) is 6.47. The summed E-state index contributed by atoms with van der Waals surface area (Å²) in [5, 5.41) is 0.725. The second-order valence-electron chi connectivity index (χ2n) is 4.99. The minimum Gasteiger partial charge on any atom is -0.320 e. The monoisotopic (exact) mass is 274 g/mol. The van der Waals surface area contributed by atoms with E-state index in [1.54, 1.807) is 0 Å². The first kappa shape index (κ1) is 14.5. The van der Waals surface area contributed by atoms with Crippen molar-refractivity contribution in [1.29, 1.82) is 0 Å². The Morgan fingerprint density at radius 2 is 2.05 bits per heavy atom. The molecule has 2 nitrogen and oxygen atoms in total. The Hall–Kier alpha value is -0.950. The Balaban J connectivity index is 1.99. The molecule has 1 saturated heterocycles. The van der Waals surface area contributed by atoms with Crippen LogP contribution in [-0.2, 0) is 6.54 Å². The lowest BCUT2D eigenvalue weighted by Gasteiger charge is -2.37. The highest BCUT2D eigenvalue weighted by Gasteiger charge is 2.24. The topological polar surface area (TPSA) is 29.3 Å².